The Hall–Kier alpha value is -0.670. The van der Waals surface area contributed by atoms with Gasteiger partial charge in [0, 0.05) is 18.1 Å². The highest BCUT2D eigenvalue weighted by Crippen LogP contribution is 2.38. The number of ether oxygens (including phenoxy) is 1. The number of ketones is 1. The summed E-state index contributed by atoms with van der Waals surface area (Å²) in [6.45, 7) is 0. The van der Waals surface area contributed by atoms with Crippen LogP contribution in [0.25, 0.3) is 0 Å². The molecule has 0 amide bonds. The maximum absolute atomic E-state index is 11.9. The lowest BCUT2D eigenvalue weighted by Gasteiger charge is -2.38. The Bertz CT molecular complexity index is 293. The van der Waals surface area contributed by atoms with Crippen LogP contribution in [0.3, 0.4) is 0 Å². The molecule has 0 spiro atoms. The van der Waals surface area contributed by atoms with E-state index in [4.69, 9.17) is 4.74 Å². The van der Waals surface area contributed by atoms with E-state index >= 15 is 0 Å². The Morgan fingerprint density at radius 1 is 1.62 bits per heavy atom. The van der Waals surface area contributed by atoms with E-state index in [1.807, 2.05) is 16.8 Å². The van der Waals surface area contributed by atoms with E-state index in [0.717, 1.165) is 24.8 Å². The first-order valence-corrected chi connectivity index (χ1v) is 5.35. The summed E-state index contributed by atoms with van der Waals surface area (Å²) in [5.41, 5.74) is 0.313. The molecule has 1 fully saturated rings. The molecule has 0 radical (unpaired) electrons. The monoisotopic (exact) mass is 196 g/mol. The minimum Gasteiger partial charge on any atom is -0.370 e. The second-order valence-corrected chi connectivity index (χ2v) is 4.17. The van der Waals surface area contributed by atoms with Gasteiger partial charge in [-0.2, -0.15) is 11.3 Å². The molecule has 1 aliphatic carbocycles. The van der Waals surface area contributed by atoms with E-state index in [9.17, 15) is 4.79 Å². The van der Waals surface area contributed by atoms with Crippen molar-refractivity contribution in [3.05, 3.63) is 22.4 Å². The van der Waals surface area contributed by atoms with Crippen LogP contribution in [-0.2, 0) is 4.74 Å². The minimum atomic E-state index is -0.485. The van der Waals surface area contributed by atoms with Crippen LogP contribution < -0.4 is 0 Å². The molecule has 1 aromatic rings. The number of Topliss-reactive ketones (excluding diaryl/α,β-unsaturated/α-hetero) is 1. The maximum Gasteiger partial charge on any atom is 0.195 e. The van der Waals surface area contributed by atoms with E-state index in [1.54, 1.807) is 18.4 Å². The largest absolute Gasteiger partial charge is 0.370 e. The molecular formula is C10H12O2S. The second-order valence-electron chi connectivity index (χ2n) is 3.39. The van der Waals surface area contributed by atoms with Gasteiger partial charge in [0.1, 0.15) is 5.60 Å². The van der Waals surface area contributed by atoms with E-state index < -0.39 is 5.60 Å². The molecular weight excluding hydrogens is 184 g/mol. The van der Waals surface area contributed by atoms with Crippen LogP contribution in [0.5, 0.6) is 0 Å². The summed E-state index contributed by atoms with van der Waals surface area (Å²) in [6, 6.07) is 1.87. The fourth-order valence-corrected chi connectivity index (χ4v) is 2.31. The van der Waals surface area contributed by atoms with Crippen molar-refractivity contribution < 1.29 is 9.53 Å². The quantitative estimate of drug-likeness (QED) is 0.694. The van der Waals surface area contributed by atoms with Crippen LogP contribution in [0.1, 0.15) is 29.6 Å². The Morgan fingerprint density at radius 2 is 2.38 bits per heavy atom. The normalized spacial score (nSPS) is 19.5. The van der Waals surface area contributed by atoms with Crippen LogP contribution in [0.4, 0.5) is 0 Å². The topological polar surface area (TPSA) is 26.3 Å². The zero-order chi connectivity index (χ0) is 9.31. The minimum absolute atomic E-state index is 0.155. The molecule has 70 valence electrons. The lowest BCUT2D eigenvalue weighted by Crippen LogP contribution is -2.46. The third kappa shape index (κ3) is 1.32. The Labute approximate surface area is 81.5 Å². The van der Waals surface area contributed by atoms with Crippen molar-refractivity contribution in [1.82, 2.24) is 0 Å². The summed E-state index contributed by atoms with van der Waals surface area (Å²) in [6.07, 6.45) is 2.85. The molecule has 3 heteroatoms. The molecule has 0 bridgehead atoms. The van der Waals surface area contributed by atoms with Gasteiger partial charge in [-0.3, -0.25) is 4.79 Å². The highest BCUT2D eigenvalue weighted by Gasteiger charge is 2.44. The van der Waals surface area contributed by atoms with Crippen molar-refractivity contribution in [3.63, 3.8) is 0 Å². The summed E-state index contributed by atoms with van der Waals surface area (Å²) in [5, 5.41) is 3.82. The molecule has 1 saturated carbocycles. The van der Waals surface area contributed by atoms with Crippen molar-refractivity contribution in [2.45, 2.75) is 24.9 Å². The number of rotatable bonds is 3. The van der Waals surface area contributed by atoms with E-state index in [2.05, 4.69) is 0 Å². The molecule has 2 nitrogen and oxygen atoms in total. The molecule has 1 aliphatic rings. The first-order valence-electron chi connectivity index (χ1n) is 4.41. The van der Waals surface area contributed by atoms with Gasteiger partial charge >= 0.3 is 0 Å². The lowest BCUT2D eigenvalue weighted by atomic mass is 9.75. The van der Waals surface area contributed by atoms with Crippen LogP contribution in [-0.4, -0.2) is 18.5 Å². The molecule has 0 saturated heterocycles. The second kappa shape index (κ2) is 3.24. The Balaban J connectivity index is 2.21. The highest BCUT2D eigenvalue weighted by atomic mass is 32.1. The smallest absolute Gasteiger partial charge is 0.195 e. The number of hydrogen-bond donors (Lipinski definition) is 0. The predicted octanol–water partition coefficient (Wildman–Crippen LogP) is 2.50. The van der Waals surface area contributed by atoms with Crippen molar-refractivity contribution in [2.24, 2.45) is 0 Å². The zero-order valence-electron chi connectivity index (χ0n) is 7.58. The Morgan fingerprint density at radius 3 is 2.77 bits per heavy atom. The molecule has 1 aromatic heterocycles. The van der Waals surface area contributed by atoms with Crippen molar-refractivity contribution in [2.75, 3.05) is 7.11 Å². The zero-order valence-corrected chi connectivity index (χ0v) is 8.39. The molecule has 2 rings (SSSR count). The average molecular weight is 196 g/mol. The van der Waals surface area contributed by atoms with Crippen molar-refractivity contribution in [3.8, 4) is 0 Å². The molecule has 0 aromatic carbocycles. The summed E-state index contributed by atoms with van der Waals surface area (Å²) in [5.74, 6) is 0.155. The van der Waals surface area contributed by atoms with Crippen LogP contribution >= 0.6 is 11.3 Å². The van der Waals surface area contributed by atoms with E-state index in [1.165, 1.54) is 0 Å². The molecule has 0 unspecified atom stereocenters. The van der Waals surface area contributed by atoms with E-state index in [0.29, 0.717) is 0 Å². The summed E-state index contributed by atoms with van der Waals surface area (Å²) in [7, 11) is 1.63. The van der Waals surface area contributed by atoms with E-state index in [-0.39, 0.29) is 5.78 Å². The SMILES string of the molecule is COC1(C(=O)c2ccsc2)CCC1. The predicted molar refractivity (Wildman–Crippen MR) is 52.2 cm³/mol. The highest BCUT2D eigenvalue weighted by molar-refractivity contribution is 7.08. The summed E-state index contributed by atoms with van der Waals surface area (Å²) in [4.78, 5) is 11.9. The van der Waals surface area contributed by atoms with Gasteiger partial charge in [0.05, 0.1) is 0 Å². The standard InChI is InChI=1S/C10H12O2S/c1-12-10(4-2-5-10)9(11)8-3-6-13-7-8/h3,6-7H,2,4-5H2,1H3. The fraction of sp³-hybridized carbons (Fsp3) is 0.500. The van der Waals surface area contributed by atoms with Crippen LogP contribution in [0.2, 0.25) is 0 Å². The van der Waals surface area contributed by atoms with Gasteiger partial charge in [-0.05, 0) is 30.7 Å². The molecule has 1 heterocycles. The van der Waals surface area contributed by atoms with Gasteiger partial charge in [-0.25, -0.2) is 0 Å². The molecule has 0 atom stereocenters. The number of hydrogen-bond acceptors (Lipinski definition) is 3. The van der Waals surface area contributed by atoms with Gasteiger partial charge in [-0.15, -0.1) is 0 Å². The first kappa shape index (κ1) is 8.91. The summed E-state index contributed by atoms with van der Waals surface area (Å²) >= 11 is 1.55. The van der Waals surface area contributed by atoms with Gasteiger partial charge in [-0.1, -0.05) is 0 Å². The average Bonchev–Trinajstić information content (AvgIpc) is 2.54. The third-order valence-electron chi connectivity index (χ3n) is 2.75. The van der Waals surface area contributed by atoms with Crippen LogP contribution in [0.15, 0.2) is 16.8 Å². The van der Waals surface area contributed by atoms with Gasteiger partial charge in [0.2, 0.25) is 0 Å². The number of carbonyl (C=O) groups excluding carboxylic acids is 1. The number of thiophene rings is 1. The molecule has 13 heavy (non-hydrogen) atoms. The first-order chi connectivity index (χ1) is 6.28. The molecule has 0 N–H and O–H groups in total. The summed E-state index contributed by atoms with van der Waals surface area (Å²) < 4.78 is 5.31. The maximum atomic E-state index is 11.9. The molecule has 0 aliphatic heterocycles. The number of carbonyl (C=O) groups is 1. The van der Waals surface area contributed by atoms with Gasteiger partial charge < -0.3 is 4.74 Å². The number of methoxy groups -OCH3 is 1. The van der Waals surface area contributed by atoms with Gasteiger partial charge in [0.15, 0.2) is 5.78 Å². The fourth-order valence-electron chi connectivity index (χ4n) is 1.68. The van der Waals surface area contributed by atoms with Crippen molar-refractivity contribution in [1.29, 1.82) is 0 Å². The van der Waals surface area contributed by atoms with Crippen molar-refractivity contribution >= 4 is 17.1 Å². The Kier molecular flexibility index (Phi) is 2.22. The lowest BCUT2D eigenvalue weighted by molar-refractivity contribution is -0.0448. The third-order valence-corrected chi connectivity index (χ3v) is 3.43. The van der Waals surface area contributed by atoms with Gasteiger partial charge in [0.25, 0.3) is 0 Å². The van der Waals surface area contributed by atoms with Crippen LogP contribution in [0, 0.1) is 0 Å².